The number of anilines is 1. The Kier molecular flexibility index (Phi) is 4.12. The van der Waals surface area contributed by atoms with Gasteiger partial charge >= 0.3 is 0 Å². The van der Waals surface area contributed by atoms with E-state index in [1.54, 1.807) is 6.07 Å². The van der Waals surface area contributed by atoms with Crippen LogP contribution in [0.5, 0.6) is 5.88 Å². The summed E-state index contributed by atoms with van der Waals surface area (Å²) in [5.74, 6) is 3.63. The van der Waals surface area contributed by atoms with E-state index in [0.29, 0.717) is 11.8 Å². The Morgan fingerprint density at radius 2 is 2.06 bits per heavy atom. The molecule has 1 rings (SSSR count). The van der Waals surface area contributed by atoms with Gasteiger partial charge in [-0.3, -0.25) is 0 Å². The van der Waals surface area contributed by atoms with Crippen molar-refractivity contribution in [1.82, 2.24) is 9.97 Å². The second-order valence-electron chi connectivity index (χ2n) is 3.87. The molecule has 1 atom stereocenters. The Morgan fingerprint density at radius 3 is 2.62 bits per heavy atom. The van der Waals surface area contributed by atoms with Crippen molar-refractivity contribution < 1.29 is 4.74 Å². The molecule has 1 heterocycles. The molecule has 0 saturated carbocycles. The molecule has 16 heavy (non-hydrogen) atoms. The van der Waals surface area contributed by atoms with E-state index in [9.17, 15) is 0 Å². The van der Waals surface area contributed by atoms with Crippen LogP contribution in [0.15, 0.2) is 6.07 Å². The summed E-state index contributed by atoms with van der Waals surface area (Å²) in [6, 6.07) is 1.69. The fraction of sp³-hybridized carbons (Fsp3) is 0.500. The first-order chi connectivity index (χ1) is 7.51. The van der Waals surface area contributed by atoms with Gasteiger partial charge in [-0.05, 0) is 27.7 Å². The van der Waals surface area contributed by atoms with Crippen molar-refractivity contribution in [2.75, 3.05) is 5.32 Å². The molecule has 0 spiro atoms. The molecule has 0 aliphatic carbocycles. The molecule has 0 aromatic carbocycles. The van der Waals surface area contributed by atoms with E-state index in [-0.39, 0.29) is 12.1 Å². The van der Waals surface area contributed by atoms with E-state index in [1.807, 2.05) is 27.7 Å². The van der Waals surface area contributed by atoms with Crippen molar-refractivity contribution in [3.05, 3.63) is 11.8 Å². The van der Waals surface area contributed by atoms with E-state index in [2.05, 4.69) is 21.2 Å². The van der Waals surface area contributed by atoms with Gasteiger partial charge in [0.2, 0.25) is 11.8 Å². The molecular weight excluding hydrogens is 202 g/mol. The highest BCUT2D eigenvalue weighted by atomic mass is 16.5. The Bertz CT molecular complexity index is 396. The number of hydrogen-bond acceptors (Lipinski definition) is 4. The maximum Gasteiger partial charge on any atom is 0.227 e. The number of hydrogen-bond donors (Lipinski definition) is 1. The molecule has 0 fully saturated rings. The molecule has 0 aliphatic heterocycles. The molecule has 0 aliphatic rings. The van der Waals surface area contributed by atoms with Crippen LogP contribution in [0.2, 0.25) is 0 Å². The molecule has 1 aromatic heterocycles. The standard InChI is InChI=1S/C12H17N3O/c1-6-9(4)13-12-14-10(5)7-11(15-12)16-8(2)3/h1,7-9H,2-5H3,(H,13,14,15). The zero-order valence-electron chi connectivity index (χ0n) is 10.1. The second-order valence-corrected chi connectivity index (χ2v) is 3.87. The first-order valence-corrected chi connectivity index (χ1v) is 5.26. The number of nitrogens with one attached hydrogen (secondary N) is 1. The zero-order valence-corrected chi connectivity index (χ0v) is 10.1. The summed E-state index contributed by atoms with van der Waals surface area (Å²) >= 11 is 0. The first-order valence-electron chi connectivity index (χ1n) is 5.26. The third kappa shape index (κ3) is 3.77. The summed E-state index contributed by atoms with van der Waals surface area (Å²) in [5.41, 5.74) is 0.845. The Balaban J connectivity index is 2.86. The van der Waals surface area contributed by atoms with Crippen LogP contribution in [0.25, 0.3) is 0 Å². The molecule has 0 radical (unpaired) electrons. The van der Waals surface area contributed by atoms with Crippen LogP contribution < -0.4 is 10.1 Å². The highest BCUT2D eigenvalue weighted by Crippen LogP contribution is 2.13. The highest BCUT2D eigenvalue weighted by Gasteiger charge is 2.06. The summed E-state index contributed by atoms with van der Waals surface area (Å²) in [6.45, 7) is 7.67. The van der Waals surface area contributed by atoms with Gasteiger partial charge < -0.3 is 10.1 Å². The van der Waals surface area contributed by atoms with E-state index >= 15 is 0 Å². The van der Waals surface area contributed by atoms with Gasteiger partial charge in [-0.15, -0.1) is 6.42 Å². The predicted octanol–water partition coefficient (Wildman–Crippen LogP) is 2.01. The second kappa shape index (κ2) is 5.36. The van der Waals surface area contributed by atoms with E-state index in [0.717, 1.165) is 5.69 Å². The largest absolute Gasteiger partial charge is 0.475 e. The van der Waals surface area contributed by atoms with Crippen molar-refractivity contribution in [2.24, 2.45) is 0 Å². The van der Waals surface area contributed by atoms with E-state index in [4.69, 9.17) is 11.2 Å². The van der Waals surface area contributed by atoms with Gasteiger partial charge in [-0.2, -0.15) is 4.98 Å². The topological polar surface area (TPSA) is 47.0 Å². The average Bonchev–Trinajstić information content (AvgIpc) is 2.15. The van der Waals surface area contributed by atoms with E-state index < -0.39 is 0 Å². The third-order valence-corrected chi connectivity index (χ3v) is 1.78. The third-order valence-electron chi connectivity index (χ3n) is 1.78. The molecule has 0 saturated heterocycles. The summed E-state index contributed by atoms with van der Waals surface area (Å²) in [5, 5.41) is 3.01. The quantitative estimate of drug-likeness (QED) is 0.787. The molecule has 1 unspecified atom stereocenters. The lowest BCUT2D eigenvalue weighted by Crippen LogP contribution is -2.16. The number of ether oxygens (including phenoxy) is 1. The van der Waals surface area contributed by atoms with Crippen LogP contribution in [-0.2, 0) is 0 Å². The molecular formula is C12H17N3O. The summed E-state index contributed by atoms with van der Waals surface area (Å²) < 4.78 is 5.51. The van der Waals surface area contributed by atoms with Crippen molar-refractivity contribution in [2.45, 2.75) is 39.8 Å². The number of aromatic nitrogens is 2. The maximum atomic E-state index is 5.51. The van der Waals surface area contributed by atoms with Crippen molar-refractivity contribution >= 4 is 5.95 Å². The SMILES string of the molecule is C#CC(C)Nc1nc(C)cc(OC(C)C)n1. The Labute approximate surface area is 96.5 Å². The molecule has 1 N–H and O–H groups in total. The minimum absolute atomic E-state index is 0.0900. The molecule has 1 aromatic rings. The minimum atomic E-state index is -0.103. The molecule has 86 valence electrons. The van der Waals surface area contributed by atoms with Gasteiger partial charge in [-0.25, -0.2) is 4.98 Å². The van der Waals surface area contributed by atoms with Gasteiger partial charge in [0.05, 0.1) is 12.1 Å². The van der Waals surface area contributed by atoms with Gasteiger partial charge in [-0.1, -0.05) is 5.92 Å². The summed E-state index contributed by atoms with van der Waals surface area (Å²) in [6.07, 6.45) is 5.37. The van der Waals surface area contributed by atoms with Crippen LogP contribution in [0.3, 0.4) is 0 Å². The van der Waals surface area contributed by atoms with Gasteiger partial charge in [0.25, 0.3) is 0 Å². The Hall–Kier alpha value is -1.76. The monoisotopic (exact) mass is 219 g/mol. The van der Waals surface area contributed by atoms with Crippen molar-refractivity contribution in [3.8, 4) is 18.2 Å². The lowest BCUT2D eigenvalue weighted by Gasteiger charge is -2.12. The normalized spacial score (nSPS) is 12.0. The molecule has 4 nitrogen and oxygen atoms in total. The van der Waals surface area contributed by atoms with Crippen LogP contribution in [0.1, 0.15) is 26.5 Å². The molecule has 0 bridgehead atoms. The Morgan fingerprint density at radius 1 is 1.38 bits per heavy atom. The van der Waals surface area contributed by atoms with Gasteiger partial charge in [0.15, 0.2) is 0 Å². The minimum Gasteiger partial charge on any atom is -0.475 e. The number of nitrogens with zero attached hydrogens (tertiary/aromatic N) is 2. The zero-order chi connectivity index (χ0) is 12.1. The summed E-state index contributed by atoms with van der Waals surface area (Å²) in [7, 11) is 0. The number of aryl methyl sites for hydroxylation is 1. The number of terminal acetylenes is 1. The number of rotatable bonds is 4. The van der Waals surface area contributed by atoms with Crippen molar-refractivity contribution in [3.63, 3.8) is 0 Å². The molecule has 0 amide bonds. The van der Waals surface area contributed by atoms with Crippen LogP contribution in [-0.4, -0.2) is 22.1 Å². The van der Waals surface area contributed by atoms with Crippen LogP contribution in [0.4, 0.5) is 5.95 Å². The smallest absolute Gasteiger partial charge is 0.227 e. The van der Waals surface area contributed by atoms with E-state index in [1.165, 1.54) is 0 Å². The van der Waals surface area contributed by atoms with Crippen LogP contribution in [0, 0.1) is 19.3 Å². The lowest BCUT2D eigenvalue weighted by atomic mass is 10.3. The first kappa shape index (κ1) is 12.3. The summed E-state index contributed by atoms with van der Waals surface area (Å²) in [4.78, 5) is 8.45. The fourth-order valence-corrected chi connectivity index (χ4v) is 1.14. The van der Waals surface area contributed by atoms with Crippen molar-refractivity contribution in [1.29, 1.82) is 0 Å². The predicted molar refractivity (Wildman–Crippen MR) is 64.5 cm³/mol. The molecule has 4 heteroatoms. The van der Waals surface area contributed by atoms with Gasteiger partial charge in [0, 0.05) is 11.8 Å². The fourth-order valence-electron chi connectivity index (χ4n) is 1.14. The van der Waals surface area contributed by atoms with Gasteiger partial charge in [0.1, 0.15) is 0 Å². The average molecular weight is 219 g/mol. The van der Waals surface area contributed by atoms with Crippen LogP contribution >= 0.6 is 0 Å². The highest BCUT2D eigenvalue weighted by molar-refractivity contribution is 5.33. The lowest BCUT2D eigenvalue weighted by molar-refractivity contribution is 0.232. The maximum absolute atomic E-state index is 5.51.